The molecular formula is C23H23NO3S. The summed E-state index contributed by atoms with van der Waals surface area (Å²) in [7, 11) is -2.01. The highest BCUT2D eigenvalue weighted by Gasteiger charge is 2.37. The van der Waals surface area contributed by atoms with Crippen molar-refractivity contribution in [2.75, 3.05) is 13.7 Å². The van der Waals surface area contributed by atoms with Crippen molar-refractivity contribution in [1.82, 2.24) is 4.31 Å². The van der Waals surface area contributed by atoms with Gasteiger partial charge >= 0.3 is 0 Å². The summed E-state index contributed by atoms with van der Waals surface area (Å²) >= 11 is 0. The Labute approximate surface area is 166 Å². The van der Waals surface area contributed by atoms with Crippen molar-refractivity contribution in [3.8, 4) is 5.75 Å². The maximum atomic E-state index is 13.5. The normalized spacial score (nSPS) is 17.1. The fourth-order valence-corrected chi connectivity index (χ4v) is 5.38. The zero-order valence-electron chi connectivity index (χ0n) is 16.0. The first kappa shape index (κ1) is 18.7. The van der Waals surface area contributed by atoms with Crippen molar-refractivity contribution in [3.05, 3.63) is 95.1 Å². The third-order valence-electron chi connectivity index (χ3n) is 5.30. The third kappa shape index (κ3) is 3.32. The zero-order chi connectivity index (χ0) is 19.7. The summed E-state index contributed by atoms with van der Waals surface area (Å²) in [6.45, 7) is 2.40. The average molecular weight is 394 g/mol. The van der Waals surface area contributed by atoms with Crippen LogP contribution in [0.3, 0.4) is 0 Å². The van der Waals surface area contributed by atoms with Gasteiger partial charge in [0.05, 0.1) is 18.0 Å². The minimum atomic E-state index is -3.63. The highest BCUT2D eigenvalue weighted by Crippen LogP contribution is 2.39. The molecule has 0 fully saturated rings. The lowest BCUT2D eigenvalue weighted by molar-refractivity contribution is 0.343. The van der Waals surface area contributed by atoms with Gasteiger partial charge in [0.2, 0.25) is 10.0 Å². The maximum Gasteiger partial charge on any atom is 0.243 e. The first-order chi connectivity index (χ1) is 13.5. The van der Waals surface area contributed by atoms with E-state index in [0.717, 1.165) is 22.4 Å². The number of sulfonamides is 1. The molecule has 0 saturated carbocycles. The molecule has 0 bridgehead atoms. The number of rotatable bonds is 4. The first-order valence-electron chi connectivity index (χ1n) is 9.31. The highest BCUT2D eigenvalue weighted by atomic mass is 32.2. The zero-order valence-corrected chi connectivity index (χ0v) is 16.8. The Morgan fingerprint density at radius 3 is 2.29 bits per heavy atom. The van der Waals surface area contributed by atoms with Gasteiger partial charge in [-0.15, -0.1) is 0 Å². The van der Waals surface area contributed by atoms with Crippen LogP contribution in [0.1, 0.15) is 28.3 Å². The van der Waals surface area contributed by atoms with E-state index in [-0.39, 0.29) is 6.04 Å². The second-order valence-electron chi connectivity index (χ2n) is 7.05. The minimum Gasteiger partial charge on any atom is -0.497 e. The van der Waals surface area contributed by atoms with Gasteiger partial charge in [0.15, 0.2) is 0 Å². The van der Waals surface area contributed by atoms with Crippen molar-refractivity contribution in [1.29, 1.82) is 0 Å². The molecule has 1 aliphatic heterocycles. The molecule has 0 saturated heterocycles. The highest BCUT2D eigenvalue weighted by molar-refractivity contribution is 7.89. The molecule has 4 rings (SSSR count). The summed E-state index contributed by atoms with van der Waals surface area (Å²) in [6.07, 6.45) is 0.702. The number of methoxy groups -OCH3 is 1. The largest absolute Gasteiger partial charge is 0.497 e. The molecule has 144 valence electrons. The van der Waals surface area contributed by atoms with Crippen LogP contribution in [0.25, 0.3) is 0 Å². The predicted molar refractivity (Wildman–Crippen MR) is 110 cm³/mol. The number of fused-ring (bicyclic) bond motifs is 1. The molecule has 0 aliphatic carbocycles. The van der Waals surface area contributed by atoms with E-state index < -0.39 is 10.0 Å². The molecule has 3 aromatic carbocycles. The molecule has 5 heteroatoms. The molecule has 0 spiro atoms. The van der Waals surface area contributed by atoms with Gasteiger partial charge in [-0.3, -0.25) is 0 Å². The number of hydrogen-bond acceptors (Lipinski definition) is 3. The Balaban J connectivity index is 1.84. The van der Waals surface area contributed by atoms with Gasteiger partial charge in [-0.1, -0.05) is 54.1 Å². The van der Waals surface area contributed by atoms with E-state index in [1.807, 2.05) is 61.5 Å². The van der Waals surface area contributed by atoms with Crippen LogP contribution in [0.2, 0.25) is 0 Å². The molecule has 0 amide bonds. The Kier molecular flexibility index (Phi) is 4.96. The van der Waals surface area contributed by atoms with Crippen LogP contribution in [-0.2, 0) is 16.4 Å². The van der Waals surface area contributed by atoms with Crippen LogP contribution in [0, 0.1) is 6.92 Å². The van der Waals surface area contributed by atoms with Gasteiger partial charge in [0.1, 0.15) is 5.75 Å². The molecule has 1 heterocycles. The first-order valence-corrected chi connectivity index (χ1v) is 10.7. The number of hydrogen-bond donors (Lipinski definition) is 0. The van der Waals surface area contributed by atoms with Crippen molar-refractivity contribution < 1.29 is 13.2 Å². The standard InChI is InChI=1S/C23H23NO3S/c1-17-7-13-21(14-8-17)28(25,26)24-16-15-18-5-3-4-6-22(18)23(24)19-9-11-20(27-2)12-10-19/h3-14,23H,15-16H2,1-2H3. The van der Waals surface area contributed by atoms with Crippen LogP contribution in [0.5, 0.6) is 5.75 Å². The maximum absolute atomic E-state index is 13.5. The summed E-state index contributed by atoms with van der Waals surface area (Å²) in [5.74, 6) is 0.751. The molecule has 1 unspecified atom stereocenters. The molecule has 0 aromatic heterocycles. The Morgan fingerprint density at radius 2 is 1.61 bits per heavy atom. The summed E-state index contributed by atoms with van der Waals surface area (Å²) in [4.78, 5) is 0.330. The third-order valence-corrected chi connectivity index (χ3v) is 7.18. The van der Waals surface area contributed by atoms with Crippen molar-refractivity contribution in [3.63, 3.8) is 0 Å². The van der Waals surface area contributed by atoms with E-state index >= 15 is 0 Å². The van der Waals surface area contributed by atoms with E-state index in [0.29, 0.717) is 17.9 Å². The lowest BCUT2D eigenvalue weighted by atomic mass is 9.90. The van der Waals surface area contributed by atoms with Gasteiger partial charge in [-0.25, -0.2) is 8.42 Å². The topological polar surface area (TPSA) is 46.6 Å². The number of nitrogens with zero attached hydrogens (tertiary/aromatic N) is 1. The summed E-state index contributed by atoms with van der Waals surface area (Å²) in [6, 6.07) is 22.4. The van der Waals surface area contributed by atoms with Gasteiger partial charge in [0, 0.05) is 6.54 Å². The lowest BCUT2D eigenvalue weighted by Gasteiger charge is -2.36. The van der Waals surface area contributed by atoms with Crippen molar-refractivity contribution >= 4 is 10.0 Å². The average Bonchev–Trinajstić information content (AvgIpc) is 2.73. The molecule has 1 aliphatic rings. The second kappa shape index (κ2) is 7.41. The van der Waals surface area contributed by atoms with E-state index in [1.165, 1.54) is 5.56 Å². The van der Waals surface area contributed by atoms with Gasteiger partial charge in [-0.05, 0) is 54.3 Å². The molecule has 3 aromatic rings. The van der Waals surface area contributed by atoms with E-state index in [2.05, 4.69) is 6.07 Å². The second-order valence-corrected chi connectivity index (χ2v) is 8.94. The Hall–Kier alpha value is -2.63. The van der Waals surface area contributed by atoms with Crippen LogP contribution < -0.4 is 4.74 Å². The number of benzene rings is 3. The van der Waals surface area contributed by atoms with E-state index in [9.17, 15) is 8.42 Å². The molecule has 4 nitrogen and oxygen atoms in total. The Bertz CT molecular complexity index is 1070. The summed E-state index contributed by atoms with van der Waals surface area (Å²) in [5, 5.41) is 0. The van der Waals surface area contributed by atoms with Crippen LogP contribution in [0.15, 0.2) is 77.7 Å². The van der Waals surface area contributed by atoms with Crippen LogP contribution >= 0.6 is 0 Å². The molecule has 0 radical (unpaired) electrons. The smallest absolute Gasteiger partial charge is 0.243 e. The summed E-state index contributed by atoms with van der Waals surface area (Å²) in [5.41, 5.74) is 4.20. The van der Waals surface area contributed by atoms with Gasteiger partial charge in [-0.2, -0.15) is 4.31 Å². The minimum absolute atomic E-state index is 0.330. The fourth-order valence-electron chi connectivity index (χ4n) is 3.78. The molecule has 0 N–H and O–H groups in total. The summed E-state index contributed by atoms with van der Waals surface area (Å²) < 4.78 is 33.9. The van der Waals surface area contributed by atoms with Gasteiger partial charge < -0.3 is 4.74 Å². The number of ether oxygens (including phenoxy) is 1. The van der Waals surface area contributed by atoms with Crippen molar-refractivity contribution in [2.45, 2.75) is 24.3 Å². The van der Waals surface area contributed by atoms with E-state index in [1.54, 1.807) is 23.5 Å². The predicted octanol–water partition coefficient (Wildman–Crippen LogP) is 4.34. The lowest BCUT2D eigenvalue weighted by Crippen LogP contribution is -2.40. The quantitative estimate of drug-likeness (QED) is 0.662. The monoisotopic (exact) mass is 393 g/mol. The fraction of sp³-hybridized carbons (Fsp3) is 0.217. The SMILES string of the molecule is COc1ccc(C2c3ccccc3CCN2S(=O)(=O)c2ccc(C)cc2)cc1. The molecule has 28 heavy (non-hydrogen) atoms. The number of aryl methyl sites for hydroxylation is 1. The molecular weight excluding hydrogens is 370 g/mol. The van der Waals surface area contributed by atoms with E-state index in [4.69, 9.17) is 4.74 Å². The van der Waals surface area contributed by atoms with Crippen molar-refractivity contribution in [2.24, 2.45) is 0 Å². The molecule has 1 atom stereocenters. The Morgan fingerprint density at radius 1 is 0.929 bits per heavy atom. The van der Waals surface area contributed by atoms with Crippen LogP contribution in [-0.4, -0.2) is 26.4 Å². The van der Waals surface area contributed by atoms with Crippen LogP contribution in [0.4, 0.5) is 0 Å². The van der Waals surface area contributed by atoms with Gasteiger partial charge in [0.25, 0.3) is 0 Å².